The van der Waals surface area contributed by atoms with Crippen LogP contribution in [-0.4, -0.2) is 85.3 Å². The van der Waals surface area contributed by atoms with Gasteiger partial charge in [0.25, 0.3) is 11.8 Å². The number of benzene rings is 1. The first-order valence-corrected chi connectivity index (χ1v) is 14.0. The van der Waals surface area contributed by atoms with Crippen molar-refractivity contribution in [2.75, 3.05) is 39.3 Å². The Labute approximate surface area is 208 Å². The van der Waals surface area contributed by atoms with E-state index in [-0.39, 0.29) is 46.1 Å². The van der Waals surface area contributed by atoms with Crippen LogP contribution in [0.3, 0.4) is 0 Å². The van der Waals surface area contributed by atoms with Crippen LogP contribution in [0.4, 0.5) is 8.78 Å². The molecule has 0 bridgehead atoms. The average Bonchev–Trinajstić information content (AvgIpc) is 3.39. The van der Waals surface area contributed by atoms with Gasteiger partial charge in [0.05, 0.1) is 10.3 Å². The van der Waals surface area contributed by atoms with Crippen LogP contribution in [0.15, 0.2) is 41.8 Å². The van der Waals surface area contributed by atoms with E-state index in [0.717, 1.165) is 0 Å². The number of thioether (sulfide) groups is 1. The molecule has 0 saturated carbocycles. The monoisotopic (exact) mass is 528 g/mol. The van der Waals surface area contributed by atoms with Crippen molar-refractivity contribution in [1.82, 2.24) is 19.8 Å². The highest BCUT2D eigenvalue weighted by Gasteiger charge is 2.45. The second-order valence-electron chi connectivity index (χ2n) is 9.17. The van der Waals surface area contributed by atoms with Crippen molar-refractivity contribution in [2.24, 2.45) is 5.92 Å². The van der Waals surface area contributed by atoms with Gasteiger partial charge in [0.15, 0.2) is 0 Å². The topological polar surface area (TPSA) is 98.8 Å². The second-order valence-corrected chi connectivity index (χ2v) is 12.6. The summed E-state index contributed by atoms with van der Waals surface area (Å²) in [6, 6.07) is 5.84. The number of alkyl halides is 2. The third-order valence-corrected chi connectivity index (χ3v) is 10.1. The maximum absolute atomic E-state index is 13.2. The molecule has 1 aromatic carbocycles. The molecule has 192 valence electrons. The first-order valence-electron chi connectivity index (χ1n) is 11.6. The molecule has 0 spiro atoms. The fourth-order valence-electron chi connectivity index (χ4n) is 4.69. The molecule has 3 unspecified atom stereocenters. The minimum absolute atomic E-state index is 0.0333. The average molecular weight is 529 g/mol. The van der Waals surface area contributed by atoms with Crippen LogP contribution in [0.2, 0.25) is 0 Å². The van der Waals surface area contributed by atoms with Crippen molar-refractivity contribution in [1.29, 1.82) is 0 Å². The standard InChI is InChI=1S/C23H30F2N4O4S2/c1-2-20(30)27-21-13-17-14-29(15-19(17)34-21)35(32,33)18-5-3-16(4-6-18)22(31)26-9-12-28-10-7-23(24,25)8-11-28/h2-6,17,19,21H,1,7-15H2,(H,26,31)(H,27,30). The first kappa shape index (κ1) is 26.1. The number of halogens is 2. The molecule has 3 aliphatic rings. The number of hydrogen-bond donors (Lipinski definition) is 2. The van der Waals surface area contributed by atoms with Gasteiger partial charge in [-0.25, -0.2) is 17.2 Å². The van der Waals surface area contributed by atoms with Gasteiger partial charge in [-0.1, -0.05) is 6.58 Å². The van der Waals surface area contributed by atoms with Gasteiger partial charge in [-0.3, -0.25) is 9.59 Å². The molecular weight excluding hydrogens is 498 g/mol. The van der Waals surface area contributed by atoms with Crippen molar-refractivity contribution in [3.63, 3.8) is 0 Å². The maximum atomic E-state index is 13.2. The van der Waals surface area contributed by atoms with E-state index < -0.39 is 15.9 Å². The number of carbonyl (C=O) groups excluding carboxylic acids is 2. The number of sulfonamides is 1. The van der Waals surface area contributed by atoms with Gasteiger partial charge in [0.1, 0.15) is 0 Å². The van der Waals surface area contributed by atoms with Gasteiger partial charge in [0, 0.05) is 62.9 Å². The predicted octanol–water partition coefficient (Wildman–Crippen LogP) is 1.90. The SMILES string of the molecule is C=CC(=O)NC1CC2CN(S(=O)(=O)c3ccc(C(=O)NCCN4CCC(F)(F)CC4)cc3)CC2S1. The zero-order valence-electron chi connectivity index (χ0n) is 19.3. The summed E-state index contributed by atoms with van der Waals surface area (Å²) in [5, 5.41) is 5.71. The molecular formula is C23H30F2N4O4S2. The van der Waals surface area contributed by atoms with E-state index in [9.17, 15) is 26.8 Å². The molecule has 3 saturated heterocycles. The summed E-state index contributed by atoms with van der Waals surface area (Å²) >= 11 is 1.58. The van der Waals surface area contributed by atoms with E-state index in [1.807, 2.05) is 4.90 Å². The highest BCUT2D eigenvalue weighted by atomic mass is 32.2. The molecule has 12 heteroatoms. The number of nitrogens with zero attached hydrogens (tertiary/aromatic N) is 2. The Bertz CT molecular complexity index is 1040. The van der Waals surface area contributed by atoms with Crippen molar-refractivity contribution < 1.29 is 26.8 Å². The fraction of sp³-hybridized carbons (Fsp3) is 0.565. The van der Waals surface area contributed by atoms with Crippen LogP contribution < -0.4 is 10.6 Å². The van der Waals surface area contributed by atoms with E-state index >= 15 is 0 Å². The lowest BCUT2D eigenvalue weighted by molar-refractivity contribution is -0.116. The summed E-state index contributed by atoms with van der Waals surface area (Å²) in [6.45, 7) is 5.64. The van der Waals surface area contributed by atoms with Crippen molar-refractivity contribution in [3.8, 4) is 0 Å². The van der Waals surface area contributed by atoms with Gasteiger partial charge in [0.2, 0.25) is 15.9 Å². The molecule has 0 aromatic heterocycles. The van der Waals surface area contributed by atoms with E-state index in [4.69, 9.17) is 0 Å². The number of hydrogen-bond acceptors (Lipinski definition) is 6. The fourth-order valence-corrected chi connectivity index (χ4v) is 7.96. The Kier molecular flexibility index (Phi) is 7.84. The van der Waals surface area contributed by atoms with E-state index in [1.165, 1.54) is 34.6 Å². The lowest BCUT2D eigenvalue weighted by Crippen LogP contribution is -2.43. The summed E-state index contributed by atoms with van der Waals surface area (Å²) < 4.78 is 54.2. The normalized spacial score (nSPS) is 26.7. The highest BCUT2D eigenvalue weighted by Crippen LogP contribution is 2.43. The van der Waals surface area contributed by atoms with Gasteiger partial charge in [-0.2, -0.15) is 4.31 Å². The molecule has 0 aliphatic carbocycles. The summed E-state index contributed by atoms with van der Waals surface area (Å²) in [5.41, 5.74) is 0.337. The third kappa shape index (κ3) is 6.22. The van der Waals surface area contributed by atoms with Crippen LogP contribution in [0.1, 0.15) is 29.6 Å². The zero-order valence-corrected chi connectivity index (χ0v) is 20.9. The lowest BCUT2D eigenvalue weighted by Gasteiger charge is -2.31. The van der Waals surface area contributed by atoms with Crippen LogP contribution in [0.25, 0.3) is 0 Å². The second kappa shape index (κ2) is 10.5. The van der Waals surface area contributed by atoms with Gasteiger partial charge >= 0.3 is 0 Å². The van der Waals surface area contributed by atoms with Gasteiger partial charge < -0.3 is 15.5 Å². The molecule has 3 atom stereocenters. The number of piperidine rings is 1. The lowest BCUT2D eigenvalue weighted by atomic mass is 10.1. The molecule has 2 N–H and O–H groups in total. The van der Waals surface area contributed by atoms with Gasteiger partial charge in [-0.15, -0.1) is 11.8 Å². The van der Waals surface area contributed by atoms with E-state index in [0.29, 0.717) is 51.3 Å². The maximum Gasteiger partial charge on any atom is 0.251 e. The Balaban J connectivity index is 1.26. The zero-order chi connectivity index (χ0) is 25.2. The molecule has 4 rings (SSSR count). The Hall–Kier alpha value is -2.02. The summed E-state index contributed by atoms with van der Waals surface area (Å²) in [4.78, 5) is 26.0. The molecule has 3 fully saturated rings. The Morgan fingerprint density at radius 1 is 1.17 bits per heavy atom. The minimum atomic E-state index is -3.69. The number of carbonyl (C=O) groups is 2. The molecule has 2 amide bonds. The molecule has 0 radical (unpaired) electrons. The van der Waals surface area contributed by atoms with Crippen LogP contribution in [-0.2, 0) is 14.8 Å². The highest BCUT2D eigenvalue weighted by molar-refractivity contribution is 8.00. The largest absolute Gasteiger partial charge is 0.351 e. The molecule has 3 aliphatic heterocycles. The van der Waals surface area contributed by atoms with Crippen molar-refractivity contribution >= 4 is 33.6 Å². The molecule has 3 heterocycles. The summed E-state index contributed by atoms with van der Waals surface area (Å²) in [7, 11) is -3.69. The van der Waals surface area contributed by atoms with Crippen LogP contribution >= 0.6 is 11.8 Å². The smallest absolute Gasteiger partial charge is 0.251 e. The minimum Gasteiger partial charge on any atom is -0.351 e. The number of fused-ring (bicyclic) bond motifs is 1. The van der Waals surface area contributed by atoms with Crippen LogP contribution in [0, 0.1) is 5.92 Å². The quantitative estimate of drug-likeness (QED) is 0.500. The van der Waals surface area contributed by atoms with E-state index in [2.05, 4.69) is 17.2 Å². The predicted molar refractivity (Wildman–Crippen MR) is 130 cm³/mol. The molecule has 1 aromatic rings. The molecule has 35 heavy (non-hydrogen) atoms. The van der Waals surface area contributed by atoms with Crippen LogP contribution in [0.5, 0.6) is 0 Å². The number of nitrogens with one attached hydrogen (secondary N) is 2. The molecule has 8 nitrogen and oxygen atoms in total. The number of likely N-dealkylation sites (tertiary alicyclic amines) is 1. The Morgan fingerprint density at radius 2 is 1.86 bits per heavy atom. The Morgan fingerprint density at radius 3 is 2.49 bits per heavy atom. The van der Waals surface area contributed by atoms with Crippen molar-refractivity contribution in [2.45, 2.75) is 40.7 Å². The van der Waals surface area contributed by atoms with Crippen molar-refractivity contribution in [3.05, 3.63) is 42.5 Å². The third-order valence-electron chi connectivity index (χ3n) is 6.75. The number of amides is 2. The summed E-state index contributed by atoms with van der Waals surface area (Å²) in [5.74, 6) is -3.00. The first-order chi connectivity index (χ1) is 16.6. The van der Waals surface area contributed by atoms with Gasteiger partial charge in [-0.05, 0) is 42.7 Å². The summed E-state index contributed by atoms with van der Waals surface area (Å²) in [6.07, 6.45) is 1.61. The van der Waals surface area contributed by atoms with E-state index in [1.54, 1.807) is 11.8 Å². The number of rotatable bonds is 8.